The highest BCUT2D eigenvalue weighted by Crippen LogP contribution is 2.30. The number of hydrogen-bond acceptors (Lipinski definition) is 4. The van der Waals surface area contributed by atoms with E-state index in [1.807, 2.05) is 42.8 Å². The number of carbonyl (C=O) groups is 1. The maximum atomic E-state index is 12.0. The number of aryl methyl sites for hydroxylation is 1. The molecule has 2 heterocycles. The van der Waals surface area contributed by atoms with Gasteiger partial charge in [0, 0.05) is 22.7 Å². The average molecular weight is 338 g/mol. The molecule has 3 rings (SSSR count). The zero-order chi connectivity index (χ0) is 16.9. The average Bonchev–Trinajstić information content (AvgIpc) is 3.02. The Morgan fingerprint density at radius 1 is 1.08 bits per heavy atom. The Balaban J connectivity index is 1.64. The minimum Gasteiger partial charge on any atom is -0.308 e. The summed E-state index contributed by atoms with van der Waals surface area (Å²) in [6.07, 6.45) is 1.63. The van der Waals surface area contributed by atoms with E-state index in [1.54, 1.807) is 29.7 Å². The fourth-order valence-corrected chi connectivity index (χ4v) is 3.34. The molecule has 0 radical (unpaired) electrons. The molecule has 122 valence electrons. The first kappa shape index (κ1) is 16.1. The molecule has 3 aromatic rings. The zero-order valence-electron chi connectivity index (χ0n) is 13.5. The number of urea groups is 1. The Labute approximate surface area is 144 Å². The molecule has 0 fully saturated rings. The van der Waals surface area contributed by atoms with Crippen LogP contribution in [0.2, 0.25) is 0 Å². The van der Waals surface area contributed by atoms with Gasteiger partial charge >= 0.3 is 6.03 Å². The van der Waals surface area contributed by atoms with Gasteiger partial charge in [-0.2, -0.15) is 0 Å². The van der Waals surface area contributed by atoms with Gasteiger partial charge in [0.1, 0.15) is 5.82 Å². The summed E-state index contributed by atoms with van der Waals surface area (Å²) in [6, 6.07) is 12.9. The Hall–Kier alpha value is -2.73. The number of hydrogen-bond donors (Lipinski definition) is 2. The van der Waals surface area contributed by atoms with E-state index >= 15 is 0 Å². The van der Waals surface area contributed by atoms with E-state index in [0.29, 0.717) is 5.82 Å². The number of thiazole rings is 1. The van der Waals surface area contributed by atoms with Crippen molar-refractivity contribution in [3.05, 3.63) is 70.3 Å². The predicted molar refractivity (Wildman–Crippen MR) is 97.7 cm³/mol. The number of nitrogens with one attached hydrogen (secondary N) is 2. The Bertz CT molecular complexity index is 815. The van der Waals surface area contributed by atoms with Crippen LogP contribution in [-0.4, -0.2) is 16.0 Å². The molecule has 1 atom stereocenters. The van der Waals surface area contributed by atoms with Crippen molar-refractivity contribution in [1.29, 1.82) is 0 Å². The summed E-state index contributed by atoms with van der Waals surface area (Å²) >= 11 is 1.67. The van der Waals surface area contributed by atoms with E-state index in [1.165, 1.54) is 10.4 Å². The highest BCUT2D eigenvalue weighted by Gasteiger charge is 2.13. The normalized spacial score (nSPS) is 11.8. The Morgan fingerprint density at radius 3 is 2.50 bits per heavy atom. The first-order valence-electron chi connectivity index (χ1n) is 7.62. The summed E-state index contributed by atoms with van der Waals surface area (Å²) < 4.78 is 0. The minimum atomic E-state index is -0.312. The molecule has 0 aliphatic rings. The first-order chi connectivity index (χ1) is 11.6. The summed E-state index contributed by atoms with van der Waals surface area (Å²) in [5.74, 6) is 0.801. The maximum Gasteiger partial charge on any atom is 0.324 e. The Morgan fingerprint density at radius 2 is 1.88 bits per heavy atom. The van der Waals surface area contributed by atoms with Crippen LogP contribution in [0.15, 0.2) is 54.2 Å². The summed E-state index contributed by atoms with van der Waals surface area (Å²) in [7, 11) is 0. The number of rotatable bonds is 4. The summed E-state index contributed by atoms with van der Waals surface area (Å²) in [4.78, 5) is 21.6. The summed E-state index contributed by atoms with van der Waals surface area (Å²) in [6.45, 7) is 4.19. The molecular weight excluding hydrogens is 320 g/mol. The summed E-state index contributed by atoms with van der Waals surface area (Å²) in [5.41, 5.74) is 4.88. The molecule has 0 aliphatic carbocycles. The lowest BCUT2D eigenvalue weighted by atomic mass is 9.98. The minimum absolute atomic E-state index is 0.286. The fraction of sp³-hybridized carbons (Fsp3) is 0.167. The van der Waals surface area contributed by atoms with Crippen molar-refractivity contribution in [2.45, 2.75) is 19.8 Å². The number of amides is 2. The molecule has 2 N–H and O–H groups in total. The molecular formula is C18H18N4OS. The predicted octanol–water partition coefficient (Wildman–Crippen LogP) is 4.64. The van der Waals surface area contributed by atoms with Crippen LogP contribution in [0.25, 0.3) is 0 Å². The van der Waals surface area contributed by atoms with Crippen LogP contribution in [0, 0.1) is 6.92 Å². The van der Waals surface area contributed by atoms with E-state index in [-0.39, 0.29) is 11.9 Å². The summed E-state index contributed by atoms with van der Waals surface area (Å²) in [5, 5.41) is 5.49. The molecule has 0 unspecified atom stereocenters. The molecule has 6 heteroatoms. The van der Waals surface area contributed by atoms with E-state index in [2.05, 4.69) is 27.5 Å². The number of nitrogens with zero attached hydrogens (tertiary/aromatic N) is 2. The SMILES string of the molecule is Cc1ncsc1[C@H](C)c1ccc(NC(=O)Nc2ccccn2)cc1. The van der Waals surface area contributed by atoms with Crippen molar-refractivity contribution in [2.75, 3.05) is 10.6 Å². The van der Waals surface area contributed by atoms with Crippen molar-refractivity contribution in [3.63, 3.8) is 0 Å². The van der Waals surface area contributed by atoms with Crippen LogP contribution in [0.3, 0.4) is 0 Å². The molecule has 2 amide bonds. The van der Waals surface area contributed by atoms with Gasteiger partial charge < -0.3 is 5.32 Å². The van der Waals surface area contributed by atoms with Gasteiger partial charge in [0.25, 0.3) is 0 Å². The van der Waals surface area contributed by atoms with E-state index in [0.717, 1.165) is 11.4 Å². The monoisotopic (exact) mass is 338 g/mol. The second-order valence-electron chi connectivity index (χ2n) is 5.44. The van der Waals surface area contributed by atoms with Gasteiger partial charge in [-0.3, -0.25) is 5.32 Å². The van der Waals surface area contributed by atoms with Crippen LogP contribution < -0.4 is 10.6 Å². The van der Waals surface area contributed by atoms with E-state index in [4.69, 9.17) is 0 Å². The second kappa shape index (κ2) is 7.23. The van der Waals surface area contributed by atoms with Crippen LogP contribution in [0.4, 0.5) is 16.3 Å². The number of carbonyl (C=O) groups excluding carboxylic acids is 1. The van der Waals surface area contributed by atoms with Gasteiger partial charge in [-0.25, -0.2) is 14.8 Å². The smallest absolute Gasteiger partial charge is 0.308 e. The van der Waals surface area contributed by atoms with Crippen molar-refractivity contribution in [3.8, 4) is 0 Å². The molecule has 2 aromatic heterocycles. The van der Waals surface area contributed by atoms with E-state index in [9.17, 15) is 4.79 Å². The van der Waals surface area contributed by atoms with Crippen molar-refractivity contribution < 1.29 is 4.79 Å². The van der Waals surface area contributed by atoms with Crippen molar-refractivity contribution in [2.24, 2.45) is 0 Å². The molecule has 1 aromatic carbocycles. The molecule has 5 nitrogen and oxygen atoms in total. The van der Waals surface area contributed by atoms with Gasteiger partial charge in [0.2, 0.25) is 0 Å². The number of aromatic nitrogens is 2. The van der Waals surface area contributed by atoms with Gasteiger partial charge in [-0.1, -0.05) is 25.1 Å². The molecule has 24 heavy (non-hydrogen) atoms. The standard InChI is InChI=1S/C18H18N4OS/c1-12(17-13(2)20-11-24-17)14-6-8-15(9-7-14)21-18(23)22-16-5-3-4-10-19-16/h3-12H,1-2H3,(H2,19,21,22,23)/t12-/m1/s1. The van der Waals surface area contributed by atoms with Crippen LogP contribution >= 0.6 is 11.3 Å². The largest absolute Gasteiger partial charge is 0.324 e. The van der Waals surface area contributed by atoms with E-state index < -0.39 is 0 Å². The lowest BCUT2D eigenvalue weighted by Gasteiger charge is -2.12. The molecule has 0 aliphatic heterocycles. The van der Waals surface area contributed by atoms with Gasteiger partial charge in [-0.05, 0) is 36.8 Å². The molecule has 0 saturated carbocycles. The highest BCUT2D eigenvalue weighted by atomic mass is 32.1. The van der Waals surface area contributed by atoms with Gasteiger partial charge in [0.15, 0.2) is 0 Å². The maximum absolute atomic E-state index is 12.0. The van der Waals surface area contributed by atoms with Crippen LogP contribution in [-0.2, 0) is 0 Å². The third-order valence-electron chi connectivity index (χ3n) is 3.75. The lowest BCUT2D eigenvalue weighted by molar-refractivity contribution is 0.262. The number of benzene rings is 1. The molecule has 0 spiro atoms. The third-order valence-corrected chi connectivity index (χ3v) is 4.86. The quantitative estimate of drug-likeness (QED) is 0.728. The third kappa shape index (κ3) is 3.78. The van der Waals surface area contributed by atoms with Gasteiger partial charge in [-0.15, -0.1) is 11.3 Å². The fourth-order valence-electron chi connectivity index (χ4n) is 2.45. The highest BCUT2D eigenvalue weighted by molar-refractivity contribution is 7.09. The zero-order valence-corrected chi connectivity index (χ0v) is 14.3. The number of pyridine rings is 1. The van der Waals surface area contributed by atoms with Crippen molar-refractivity contribution in [1.82, 2.24) is 9.97 Å². The second-order valence-corrected chi connectivity index (χ2v) is 6.33. The Kier molecular flexibility index (Phi) is 4.86. The topological polar surface area (TPSA) is 66.9 Å². The number of anilines is 2. The van der Waals surface area contributed by atoms with Crippen molar-refractivity contribution >= 4 is 28.9 Å². The lowest BCUT2D eigenvalue weighted by Crippen LogP contribution is -2.19. The molecule has 0 bridgehead atoms. The van der Waals surface area contributed by atoms with Gasteiger partial charge in [0.05, 0.1) is 11.2 Å². The first-order valence-corrected chi connectivity index (χ1v) is 8.50. The van der Waals surface area contributed by atoms with Crippen LogP contribution in [0.1, 0.15) is 29.0 Å². The van der Waals surface area contributed by atoms with Crippen LogP contribution in [0.5, 0.6) is 0 Å². The molecule has 0 saturated heterocycles.